The fraction of sp³-hybridized carbons (Fsp3) is 0.375. The summed E-state index contributed by atoms with van der Waals surface area (Å²) < 4.78 is 34.5. The highest BCUT2D eigenvalue weighted by Gasteiger charge is 2.24. The lowest BCUT2D eigenvalue weighted by molar-refractivity contribution is 0.0949. The SMILES string of the molecule is Cn1ccnc1CNC(=O)c1cccc(S(=O)(=O)N[C@H]2CCOC2)c1. The van der Waals surface area contributed by atoms with E-state index in [2.05, 4.69) is 15.0 Å². The maximum Gasteiger partial charge on any atom is 0.251 e. The van der Waals surface area contributed by atoms with Gasteiger partial charge in [0.05, 0.1) is 18.0 Å². The maximum absolute atomic E-state index is 12.4. The van der Waals surface area contributed by atoms with Crippen molar-refractivity contribution in [1.82, 2.24) is 19.6 Å². The third kappa shape index (κ3) is 4.25. The minimum atomic E-state index is -3.69. The van der Waals surface area contributed by atoms with Gasteiger partial charge in [0, 0.05) is 37.7 Å². The van der Waals surface area contributed by atoms with Crippen molar-refractivity contribution in [3.63, 3.8) is 0 Å². The van der Waals surface area contributed by atoms with Gasteiger partial charge in [0.2, 0.25) is 10.0 Å². The number of nitrogens with zero attached hydrogens (tertiary/aromatic N) is 2. The third-order valence-corrected chi connectivity index (χ3v) is 5.50. The van der Waals surface area contributed by atoms with Crippen molar-refractivity contribution >= 4 is 15.9 Å². The highest BCUT2D eigenvalue weighted by Crippen LogP contribution is 2.14. The van der Waals surface area contributed by atoms with E-state index in [9.17, 15) is 13.2 Å². The molecule has 0 saturated carbocycles. The molecular formula is C16H20N4O4S. The molecule has 1 aromatic heterocycles. The van der Waals surface area contributed by atoms with Crippen LogP contribution in [0.15, 0.2) is 41.6 Å². The molecule has 8 nitrogen and oxygen atoms in total. The van der Waals surface area contributed by atoms with E-state index >= 15 is 0 Å². The average molecular weight is 364 g/mol. The first kappa shape index (κ1) is 17.6. The Hall–Kier alpha value is -2.23. The van der Waals surface area contributed by atoms with Crippen LogP contribution in [0.4, 0.5) is 0 Å². The van der Waals surface area contributed by atoms with Crippen LogP contribution in [0.1, 0.15) is 22.6 Å². The summed E-state index contributed by atoms with van der Waals surface area (Å²) in [6, 6.07) is 5.73. The number of carbonyl (C=O) groups excluding carboxylic acids is 1. The summed E-state index contributed by atoms with van der Waals surface area (Å²) in [5, 5.41) is 2.74. The summed E-state index contributed by atoms with van der Waals surface area (Å²) in [4.78, 5) is 16.5. The summed E-state index contributed by atoms with van der Waals surface area (Å²) in [7, 11) is -1.86. The molecule has 1 aliphatic rings. The van der Waals surface area contributed by atoms with Crippen LogP contribution in [0.5, 0.6) is 0 Å². The normalized spacial score (nSPS) is 17.6. The van der Waals surface area contributed by atoms with Gasteiger partial charge >= 0.3 is 0 Å². The minimum Gasteiger partial charge on any atom is -0.380 e. The van der Waals surface area contributed by atoms with Crippen molar-refractivity contribution in [1.29, 1.82) is 0 Å². The molecule has 0 unspecified atom stereocenters. The predicted octanol–water partition coefficient (Wildman–Crippen LogP) is 0.417. The van der Waals surface area contributed by atoms with Gasteiger partial charge < -0.3 is 14.6 Å². The molecular weight excluding hydrogens is 344 g/mol. The second kappa shape index (κ2) is 7.34. The number of hydrogen-bond donors (Lipinski definition) is 2. The standard InChI is InChI=1S/C16H20N4O4S/c1-20-7-6-17-15(20)10-18-16(21)12-3-2-4-14(9-12)25(22,23)19-13-5-8-24-11-13/h2-4,6-7,9,13,19H,5,8,10-11H2,1H3,(H,18,21)/t13-/m0/s1. The molecule has 2 heterocycles. The van der Waals surface area contributed by atoms with E-state index in [0.29, 0.717) is 25.5 Å². The summed E-state index contributed by atoms with van der Waals surface area (Å²) in [5.41, 5.74) is 0.278. The fourth-order valence-corrected chi connectivity index (χ4v) is 3.85. The van der Waals surface area contributed by atoms with Gasteiger partial charge in [0.15, 0.2) is 0 Å². The van der Waals surface area contributed by atoms with E-state index in [0.717, 1.165) is 0 Å². The number of imidazole rings is 1. The van der Waals surface area contributed by atoms with Crippen LogP contribution in [0.3, 0.4) is 0 Å². The molecule has 0 aliphatic carbocycles. The molecule has 1 fully saturated rings. The Morgan fingerprint density at radius 3 is 2.96 bits per heavy atom. The molecule has 1 saturated heterocycles. The molecule has 134 valence electrons. The lowest BCUT2D eigenvalue weighted by atomic mass is 10.2. The number of carbonyl (C=O) groups is 1. The number of aryl methyl sites for hydroxylation is 1. The molecule has 9 heteroatoms. The first-order chi connectivity index (χ1) is 12.0. The summed E-state index contributed by atoms with van der Waals surface area (Å²) >= 11 is 0. The Kier molecular flexibility index (Phi) is 5.16. The van der Waals surface area contributed by atoms with E-state index in [4.69, 9.17) is 4.74 Å². The number of benzene rings is 1. The Morgan fingerprint density at radius 2 is 2.28 bits per heavy atom. The van der Waals surface area contributed by atoms with Crippen LogP contribution in [-0.4, -0.2) is 43.1 Å². The van der Waals surface area contributed by atoms with E-state index in [1.807, 2.05) is 7.05 Å². The number of rotatable bonds is 6. The zero-order valence-corrected chi connectivity index (χ0v) is 14.6. The molecule has 2 aromatic rings. The monoisotopic (exact) mass is 364 g/mol. The smallest absolute Gasteiger partial charge is 0.251 e. The molecule has 1 aromatic carbocycles. The molecule has 0 bridgehead atoms. The zero-order chi connectivity index (χ0) is 17.9. The molecule has 1 aliphatic heterocycles. The minimum absolute atomic E-state index is 0.0593. The van der Waals surface area contributed by atoms with Gasteiger partial charge in [-0.3, -0.25) is 4.79 Å². The second-order valence-corrected chi connectivity index (χ2v) is 7.56. The summed E-state index contributed by atoms with van der Waals surface area (Å²) in [5.74, 6) is 0.351. The Balaban J connectivity index is 1.69. The number of aromatic nitrogens is 2. The Labute approximate surface area is 146 Å². The van der Waals surface area contributed by atoms with Gasteiger partial charge in [-0.05, 0) is 24.6 Å². The van der Waals surface area contributed by atoms with E-state index in [1.54, 1.807) is 29.1 Å². The number of amides is 1. The van der Waals surface area contributed by atoms with Crippen molar-refractivity contribution in [2.24, 2.45) is 7.05 Å². The summed E-state index contributed by atoms with van der Waals surface area (Å²) in [6.07, 6.45) is 4.07. The van der Waals surface area contributed by atoms with Crippen LogP contribution in [-0.2, 0) is 28.4 Å². The van der Waals surface area contributed by atoms with Gasteiger partial charge in [-0.1, -0.05) is 6.07 Å². The van der Waals surface area contributed by atoms with Crippen molar-refractivity contribution in [2.75, 3.05) is 13.2 Å². The largest absolute Gasteiger partial charge is 0.380 e. The Bertz CT molecular complexity index is 857. The topological polar surface area (TPSA) is 102 Å². The van der Waals surface area contributed by atoms with Crippen LogP contribution >= 0.6 is 0 Å². The number of ether oxygens (including phenoxy) is 1. The van der Waals surface area contributed by atoms with Gasteiger partial charge in [-0.25, -0.2) is 18.1 Å². The number of hydrogen-bond acceptors (Lipinski definition) is 5. The van der Waals surface area contributed by atoms with Crippen LogP contribution in [0.25, 0.3) is 0 Å². The van der Waals surface area contributed by atoms with Gasteiger partial charge in [-0.2, -0.15) is 0 Å². The van der Waals surface area contributed by atoms with E-state index in [-0.39, 0.29) is 29.0 Å². The molecule has 0 radical (unpaired) electrons. The van der Waals surface area contributed by atoms with Crippen molar-refractivity contribution in [2.45, 2.75) is 23.9 Å². The van der Waals surface area contributed by atoms with Crippen LogP contribution in [0, 0.1) is 0 Å². The molecule has 0 spiro atoms. The van der Waals surface area contributed by atoms with Gasteiger partial charge in [0.1, 0.15) is 5.82 Å². The molecule has 25 heavy (non-hydrogen) atoms. The van der Waals surface area contributed by atoms with Crippen LogP contribution < -0.4 is 10.0 Å². The van der Waals surface area contributed by atoms with Crippen LogP contribution in [0.2, 0.25) is 0 Å². The molecule has 2 N–H and O–H groups in total. The highest BCUT2D eigenvalue weighted by molar-refractivity contribution is 7.89. The Morgan fingerprint density at radius 1 is 1.44 bits per heavy atom. The fourth-order valence-electron chi connectivity index (χ4n) is 2.55. The molecule has 1 amide bonds. The van der Waals surface area contributed by atoms with Crippen molar-refractivity contribution < 1.29 is 17.9 Å². The van der Waals surface area contributed by atoms with Gasteiger partial charge in [-0.15, -0.1) is 0 Å². The maximum atomic E-state index is 12.4. The predicted molar refractivity (Wildman–Crippen MR) is 90.4 cm³/mol. The average Bonchev–Trinajstić information content (AvgIpc) is 3.24. The zero-order valence-electron chi connectivity index (χ0n) is 13.8. The molecule has 3 rings (SSSR count). The molecule has 1 atom stereocenters. The summed E-state index contributed by atoms with van der Waals surface area (Å²) in [6.45, 7) is 1.17. The van der Waals surface area contributed by atoms with Crippen molar-refractivity contribution in [3.8, 4) is 0 Å². The second-order valence-electron chi connectivity index (χ2n) is 5.85. The number of nitrogens with one attached hydrogen (secondary N) is 2. The first-order valence-corrected chi connectivity index (χ1v) is 9.38. The van der Waals surface area contributed by atoms with Gasteiger partial charge in [0.25, 0.3) is 5.91 Å². The van der Waals surface area contributed by atoms with Crippen molar-refractivity contribution in [3.05, 3.63) is 48.0 Å². The van der Waals surface area contributed by atoms with E-state index in [1.165, 1.54) is 12.1 Å². The lowest BCUT2D eigenvalue weighted by Gasteiger charge is -2.12. The van der Waals surface area contributed by atoms with E-state index < -0.39 is 10.0 Å². The number of sulfonamides is 1. The highest BCUT2D eigenvalue weighted by atomic mass is 32.2. The third-order valence-electron chi connectivity index (χ3n) is 3.99. The lowest BCUT2D eigenvalue weighted by Crippen LogP contribution is -2.35. The first-order valence-electron chi connectivity index (χ1n) is 7.90. The quantitative estimate of drug-likeness (QED) is 0.773.